The molecule has 1 unspecified atom stereocenters. The SMILES string of the molecule is CCC(C(N)=O)(c1cc(NC2CNC2)ccc1C)n1cccc2nc(SCc3cc(OC)c(OC)c(OC)c3)nc1-2. The van der Waals surface area contributed by atoms with Crippen molar-refractivity contribution in [3.63, 3.8) is 0 Å². The highest BCUT2D eigenvalue weighted by Crippen LogP contribution is 2.41. The Kier molecular flexibility index (Phi) is 8.27. The maximum absolute atomic E-state index is 13.4. The fraction of sp³-hybridized carbons (Fsp3) is 0.367. The van der Waals surface area contributed by atoms with Gasteiger partial charge < -0.3 is 35.1 Å². The number of aryl methyl sites for hydroxylation is 1. The van der Waals surface area contributed by atoms with Crippen LogP contribution < -0.4 is 30.6 Å². The van der Waals surface area contributed by atoms with Crippen LogP contribution in [0.2, 0.25) is 0 Å². The van der Waals surface area contributed by atoms with Crippen molar-refractivity contribution in [3.8, 4) is 28.8 Å². The Balaban J connectivity index is 1.51. The van der Waals surface area contributed by atoms with Crippen molar-refractivity contribution in [2.24, 2.45) is 5.73 Å². The molecule has 3 aliphatic heterocycles. The molecule has 216 valence electrons. The molecule has 1 fully saturated rings. The van der Waals surface area contributed by atoms with E-state index in [4.69, 9.17) is 29.9 Å². The number of pyridine rings is 1. The molecule has 4 N–H and O–H groups in total. The minimum atomic E-state index is -1.15. The molecule has 3 aliphatic rings. The molecule has 11 heteroatoms. The zero-order chi connectivity index (χ0) is 29.1. The molecule has 0 bridgehead atoms. The number of thioether (sulfide) groups is 1. The van der Waals surface area contributed by atoms with Gasteiger partial charge in [0.25, 0.3) is 0 Å². The van der Waals surface area contributed by atoms with Gasteiger partial charge in [-0.25, -0.2) is 9.97 Å². The number of methoxy groups -OCH3 is 3. The first kappa shape index (κ1) is 28.6. The highest BCUT2D eigenvalue weighted by Gasteiger charge is 2.42. The highest BCUT2D eigenvalue weighted by atomic mass is 32.2. The van der Waals surface area contributed by atoms with Crippen LogP contribution in [0.4, 0.5) is 5.69 Å². The van der Waals surface area contributed by atoms with Crippen LogP contribution in [0.25, 0.3) is 11.5 Å². The Hall–Kier alpha value is -3.96. The van der Waals surface area contributed by atoms with Gasteiger partial charge in [0.1, 0.15) is 11.2 Å². The number of aromatic nitrogens is 3. The van der Waals surface area contributed by atoms with Crippen molar-refractivity contribution in [2.75, 3.05) is 39.7 Å². The second-order valence-electron chi connectivity index (χ2n) is 10.0. The number of hydrogen-bond donors (Lipinski definition) is 3. The Labute approximate surface area is 244 Å². The number of nitrogens with zero attached hydrogens (tertiary/aromatic N) is 3. The summed E-state index contributed by atoms with van der Waals surface area (Å²) in [6.45, 7) is 5.80. The largest absolute Gasteiger partial charge is 0.493 e. The molecule has 0 aromatic heterocycles. The number of primary amides is 1. The lowest BCUT2D eigenvalue weighted by Crippen LogP contribution is -2.51. The number of rotatable bonds is 12. The van der Waals surface area contributed by atoms with Crippen LogP contribution in [0.1, 0.15) is 30.0 Å². The van der Waals surface area contributed by atoms with Gasteiger partial charge in [0.2, 0.25) is 11.7 Å². The highest BCUT2D eigenvalue weighted by molar-refractivity contribution is 7.98. The number of carbonyl (C=O) groups is 1. The van der Waals surface area contributed by atoms with E-state index in [1.54, 1.807) is 21.3 Å². The van der Waals surface area contributed by atoms with Crippen molar-refractivity contribution in [2.45, 2.75) is 42.8 Å². The zero-order valence-corrected chi connectivity index (χ0v) is 24.8. The molecule has 2 aromatic rings. The standard InChI is InChI=1S/C30H36N6O4S/c1-6-30(28(31)37,22-14-20(10-9-18(22)2)33-21-15-32-16-21)36-11-7-8-23-27(36)35-29(34-23)41-17-19-12-24(38-3)26(40-5)25(13-19)39-4/h7-14,21,32-33H,6,15-17H2,1-5H3,(H2,31,37). The second kappa shape index (κ2) is 11.9. The van der Waals surface area contributed by atoms with E-state index in [2.05, 4.69) is 10.6 Å². The van der Waals surface area contributed by atoms with Gasteiger partial charge in [-0.1, -0.05) is 24.8 Å². The monoisotopic (exact) mass is 576 g/mol. The number of benzene rings is 2. The number of nitrogens with two attached hydrogens (primary N) is 1. The van der Waals surface area contributed by atoms with Crippen molar-refractivity contribution in [3.05, 3.63) is 65.4 Å². The van der Waals surface area contributed by atoms with E-state index in [9.17, 15) is 4.79 Å². The molecule has 5 rings (SSSR count). The fourth-order valence-corrected chi connectivity index (χ4v) is 6.12. The maximum atomic E-state index is 13.4. The molecule has 10 nitrogen and oxygen atoms in total. The van der Waals surface area contributed by atoms with Gasteiger partial charge in [0, 0.05) is 30.7 Å². The Morgan fingerprint density at radius 3 is 2.44 bits per heavy atom. The summed E-state index contributed by atoms with van der Waals surface area (Å²) in [5, 5.41) is 7.42. The number of carbonyl (C=O) groups excluding carboxylic acids is 1. The summed E-state index contributed by atoms with van der Waals surface area (Å²) >= 11 is 1.48. The summed E-state index contributed by atoms with van der Waals surface area (Å²) in [4.78, 5) is 23.1. The lowest BCUT2D eigenvalue weighted by atomic mass is 9.82. The van der Waals surface area contributed by atoms with Crippen LogP contribution in [-0.2, 0) is 16.1 Å². The van der Waals surface area contributed by atoms with Gasteiger partial charge in [-0.05, 0) is 66.4 Å². The van der Waals surface area contributed by atoms with Gasteiger partial charge in [-0.3, -0.25) is 4.79 Å². The van der Waals surface area contributed by atoms with Crippen LogP contribution in [0.15, 0.2) is 53.8 Å². The lowest BCUT2D eigenvalue weighted by molar-refractivity contribution is -0.124. The molecule has 1 atom stereocenters. The molecule has 1 saturated heterocycles. The topological polar surface area (TPSA) is 126 Å². The summed E-state index contributed by atoms with van der Waals surface area (Å²) in [5.74, 6) is 2.44. The molecule has 0 aliphatic carbocycles. The number of hydrogen-bond acceptors (Lipinski definition) is 9. The molecule has 0 spiro atoms. The molecular weight excluding hydrogens is 540 g/mol. The molecule has 1 amide bonds. The third-order valence-electron chi connectivity index (χ3n) is 7.62. The third kappa shape index (κ3) is 5.27. The van der Waals surface area contributed by atoms with Crippen LogP contribution in [0.5, 0.6) is 17.2 Å². The molecule has 3 heterocycles. The van der Waals surface area contributed by atoms with Gasteiger partial charge in [0.15, 0.2) is 22.5 Å². The van der Waals surface area contributed by atoms with Crippen molar-refractivity contribution < 1.29 is 19.0 Å². The fourth-order valence-electron chi connectivity index (χ4n) is 5.35. The van der Waals surface area contributed by atoms with Crippen molar-refractivity contribution in [1.82, 2.24) is 19.9 Å². The number of nitrogens with one attached hydrogen (secondary N) is 2. The van der Waals surface area contributed by atoms with Gasteiger partial charge in [-0.15, -0.1) is 0 Å². The van der Waals surface area contributed by atoms with E-state index in [0.717, 1.165) is 35.5 Å². The predicted octanol–water partition coefficient (Wildman–Crippen LogP) is 4.03. The zero-order valence-electron chi connectivity index (χ0n) is 24.0. The smallest absolute Gasteiger partial charge is 0.248 e. The number of amides is 1. The van der Waals surface area contributed by atoms with E-state index >= 15 is 0 Å². The molecule has 2 aromatic carbocycles. The van der Waals surface area contributed by atoms with E-state index in [1.165, 1.54) is 11.8 Å². The van der Waals surface area contributed by atoms with Crippen molar-refractivity contribution in [1.29, 1.82) is 0 Å². The van der Waals surface area contributed by atoms with Gasteiger partial charge >= 0.3 is 0 Å². The summed E-state index contributed by atoms with van der Waals surface area (Å²) < 4.78 is 18.3. The maximum Gasteiger partial charge on any atom is 0.248 e. The first-order valence-corrected chi connectivity index (χ1v) is 14.5. The predicted molar refractivity (Wildman–Crippen MR) is 160 cm³/mol. The average Bonchev–Trinajstić information content (AvgIpc) is 3.38. The van der Waals surface area contributed by atoms with Crippen LogP contribution >= 0.6 is 11.8 Å². The summed E-state index contributed by atoms with van der Waals surface area (Å²) in [6.07, 6.45) is 2.32. The normalized spacial score (nSPS) is 14.8. The summed E-state index contributed by atoms with van der Waals surface area (Å²) in [7, 11) is 4.77. The second-order valence-corrected chi connectivity index (χ2v) is 11.0. The Morgan fingerprint density at radius 2 is 1.85 bits per heavy atom. The molecular formula is C30H36N6O4S. The summed E-state index contributed by atoms with van der Waals surface area (Å²) in [5.41, 5.74) is 9.52. The third-order valence-corrected chi connectivity index (χ3v) is 8.54. The minimum Gasteiger partial charge on any atom is -0.493 e. The van der Waals surface area contributed by atoms with Gasteiger partial charge in [-0.2, -0.15) is 0 Å². The summed E-state index contributed by atoms with van der Waals surface area (Å²) in [6, 6.07) is 14.1. The Bertz CT molecular complexity index is 1500. The van der Waals surface area contributed by atoms with E-state index in [1.807, 2.05) is 67.1 Å². The first-order chi connectivity index (χ1) is 19.8. The number of fused-ring (bicyclic) bond motifs is 1. The quantitative estimate of drug-likeness (QED) is 0.214. The lowest BCUT2D eigenvalue weighted by Gasteiger charge is -2.36. The Morgan fingerprint density at radius 1 is 1.12 bits per heavy atom. The van der Waals surface area contributed by atoms with E-state index in [0.29, 0.717) is 52.1 Å². The molecule has 0 radical (unpaired) electrons. The van der Waals surface area contributed by atoms with Crippen LogP contribution in [-0.4, -0.2) is 60.9 Å². The molecule has 41 heavy (non-hydrogen) atoms. The first-order valence-electron chi connectivity index (χ1n) is 13.5. The average molecular weight is 577 g/mol. The molecule has 0 saturated carbocycles. The number of ether oxygens (including phenoxy) is 3. The van der Waals surface area contributed by atoms with E-state index < -0.39 is 11.4 Å². The van der Waals surface area contributed by atoms with Gasteiger partial charge in [0.05, 0.1) is 27.4 Å². The van der Waals surface area contributed by atoms with Crippen LogP contribution in [0, 0.1) is 6.92 Å². The number of anilines is 1. The number of imidazole rings is 1. The minimum absolute atomic E-state index is 0.359. The van der Waals surface area contributed by atoms with Crippen LogP contribution in [0.3, 0.4) is 0 Å². The van der Waals surface area contributed by atoms with Crippen molar-refractivity contribution >= 4 is 23.4 Å². The van der Waals surface area contributed by atoms with E-state index in [-0.39, 0.29) is 0 Å².